The van der Waals surface area contributed by atoms with Gasteiger partial charge in [-0.3, -0.25) is 0 Å². The topological polar surface area (TPSA) is 38.3 Å². The smallest absolute Gasteiger partial charge is 0.410 e. The molecule has 1 aromatic heterocycles. The summed E-state index contributed by atoms with van der Waals surface area (Å²) >= 11 is 1.70. The first-order chi connectivity index (χ1) is 10.3. The number of fused-ring (bicyclic) bond motifs is 1. The van der Waals surface area contributed by atoms with Gasteiger partial charge in [-0.1, -0.05) is 43.5 Å². The van der Waals surface area contributed by atoms with E-state index in [0.717, 1.165) is 12.0 Å². The first-order valence-electron chi connectivity index (χ1n) is 7.41. The maximum Gasteiger partial charge on any atom is 0.413 e. The number of benzene rings is 1. The van der Waals surface area contributed by atoms with Crippen LogP contribution in [-0.2, 0) is 5.54 Å². The molecule has 1 amide bonds. The van der Waals surface area contributed by atoms with Gasteiger partial charge < -0.3 is 10.1 Å². The molecule has 1 saturated carbocycles. The van der Waals surface area contributed by atoms with Crippen molar-refractivity contribution >= 4 is 17.4 Å². The van der Waals surface area contributed by atoms with Crippen molar-refractivity contribution in [3.05, 3.63) is 52.2 Å². The van der Waals surface area contributed by atoms with E-state index < -0.39 is 5.54 Å². The van der Waals surface area contributed by atoms with Crippen LogP contribution in [-0.4, -0.2) is 6.09 Å². The van der Waals surface area contributed by atoms with E-state index in [9.17, 15) is 4.79 Å². The van der Waals surface area contributed by atoms with Gasteiger partial charge in [0.05, 0.1) is 0 Å². The number of carbonyl (C=O) groups excluding carboxylic acids is 1. The monoisotopic (exact) mass is 299 g/mol. The minimum Gasteiger partial charge on any atom is -0.410 e. The Labute approximate surface area is 127 Å². The van der Waals surface area contributed by atoms with Crippen LogP contribution < -0.4 is 10.1 Å². The lowest BCUT2D eigenvalue weighted by atomic mass is 9.72. The largest absolute Gasteiger partial charge is 0.413 e. The summed E-state index contributed by atoms with van der Waals surface area (Å²) in [6.07, 6.45) is 4.43. The van der Waals surface area contributed by atoms with Crippen LogP contribution in [0.15, 0.2) is 41.8 Å². The fraction of sp³-hybridized carbons (Fsp3) is 0.353. The van der Waals surface area contributed by atoms with E-state index in [-0.39, 0.29) is 6.09 Å². The van der Waals surface area contributed by atoms with Crippen molar-refractivity contribution in [2.45, 2.75) is 31.2 Å². The van der Waals surface area contributed by atoms with Gasteiger partial charge >= 0.3 is 6.09 Å². The Morgan fingerprint density at radius 2 is 2.10 bits per heavy atom. The lowest BCUT2D eigenvalue weighted by Gasteiger charge is -2.42. The molecule has 1 atom stereocenters. The quantitative estimate of drug-likeness (QED) is 0.918. The number of amides is 1. The summed E-state index contributed by atoms with van der Waals surface area (Å²) in [5, 5.41) is 5.21. The van der Waals surface area contributed by atoms with Gasteiger partial charge in [-0.2, -0.15) is 0 Å². The van der Waals surface area contributed by atoms with E-state index in [1.54, 1.807) is 11.3 Å². The fourth-order valence-electron chi connectivity index (χ4n) is 3.38. The molecule has 2 aromatic rings. The van der Waals surface area contributed by atoms with E-state index in [0.29, 0.717) is 11.7 Å². The maximum absolute atomic E-state index is 12.1. The minimum absolute atomic E-state index is 0.346. The molecule has 0 bridgehead atoms. The van der Waals surface area contributed by atoms with Gasteiger partial charge in [0.2, 0.25) is 0 Å². The van der Waals surface area contributed by atoms with E-state index >= 15 is 0 Å². The van der Waals surface area contributed by atoms with E-state index in [1.165, 1.54) is 24.1 Å². The molecule has 0 spiro atoms. The molecular formula is C17H17NO2S. The molecule has 1 fully saturated rings. The molecule has 1 aliphatic heterocycles. The van der Waals surface area contributed by atoms with Crippen molar-refractivity contribution in [1.82, 2.24) is 5.32 Å². The molecule has 3 nitrogen and oxygen atoms in total. The number of para-hydroxylation sites is 1. The third kappa shape index (κ3) is 2.05. The molecule has 1 aromatic carbocycles. The van der Waals surface area contributed by atoms with E-state index in [4.69, 9.17) is 4.74 Å². The summed E-state index contributed by atoms with van der Waals surface area (Å²) in [6, 6.07) is 12.1. The van der Waals surface area contributed by atoms with Crippen LogP contribution in [0.25, 0.3) is 0 Å². The maximum atomic E-state index is 12.1. The zero-order valence-electron chi connectivity index (χ0n) is 11.7. The highest BCUT2D eigenvalue weighted by molar-refractivity contribution is 7.10. The van der Waals surface area contributed by atoms with Gasteiger partial charge in [0.1, 0.15) is 11.3 Å². The molecule has 4 heteroatoms. The predicted octanol–water partition coefficient (Wildman–Crippen LogP) is 4.28. The number of carbonyl (C=O) groups is 1. The van der Waals surface area contributed by atoms with Crippen LogP contribution in [0, 0.1) is 5.92 Å². The van der Waals surface area contributed by atoms with Gasteiger partial charge in [0.25, 0.3) is 0 Å². The van der Waals surface area contributed by atoms with E-state index in [2.05, 4.69) is 22.8 Å². The molecule has 0 radical (unpaired) electrons. The van der Waals surface area contributed by atoms with Crippen LogP contribution in [0.1, 0.15) is 36.1 Å². The standard InChI is InChI=1S/C17H17NO2S/c19-16-18-17(11-12-5-3-6-12,15-9-4-10-21-15)13-7-1-2-8-14(13)20-16/h1-2,4,7-10,12H,3,5-6,11H2,(H,18,19). The number of hydrogen-bond acceptors (Lipinski definition) is 3. The Morgan fingerprint density at radius 3 is 2.81 bits per heavy atom. The molecule has 1 N–H and O–H groups in total. The molecule has 2 heterocycles. The SMILES string of the molecule is O=C1NC(CC2CCC2)(c2cccs2)c2ccccc2O1. The summed E-state index contributed by atoms with van der Waals surface area (Å²) < 4.78 is 5.37. The summed E-state index contributed by atoms with van der Waals surface area (Å²) in [6.45, 7) is 0. The highest BCUT2D eigenvalue weighted by Gasteiger charge is 2.45. The predicted molar refractivity (Wildman–Crippen MR) is 82.7 cm³/mol. The first-order valence-corrected chi connectivity index (χ1v) is 8.29. The summed E-state index contributed by atoms with van der Waals surface area (Å²) in [7, 11) is 0. The molecule has 1 unspecified atom stereocenters. The molecular weight excluding hydrogens is 282 g/mol. The second-order valence-corrected chi connectivity index (χ2v) is 6.84. The van der Waals surface area contributed by atoms with Gasteiger partial charge in [0, 0.05) is 10.4 Å². The van der Waals surface area contributed by atoms with E-state index in [1.807, 2.05) is 24.3 Å². The zero-order valence-corrected chi connectivity index (χ0v) is 12.5. The first kappa shape index (κ1) is 12.9. The van der Waals surface area contributed by atoms with Crippen molar-refractivity contribution in [3.63, 3.8) is 0 Å². The van der Waals surface area contributed by atoms with Gasteiger partial charge in [0.15, 0.2) is 0 Å². The molecule has 21 heavy (non-hydrogen) atoms. The van der Waals surface area contributed by atoms with Crippen LogP contribution in [0.4, 0.5) is 4.79 Å². The Kier molecular flexibility index (Phi) is 3.00. The summed E-state index contributed by atoms with van der Waals surface area (Å²) in [5.41, 5.74) is 0.657. The van der Waals surface area contributed by atoms with Gasteiger partial charge in [-0.25, -0.2) is 4.79 Å². The van der Waals surface area contributed by atoms with Crippen molar-refractivity contribution in [2.24, 2.45) is 5.92 Å². The van der Waals surface area contributed by atoms with Crippen molar-refractivity contribution in [1.29, 1.82) is 0 Å². The molecule has 0 saturated heterocycles. The van der Waals surface area contributed by atoms with Gasteiger partial charge in [-0.15, -0.1) is 11.3 Å². The Hall–Kier alpha value is -1.81. The van der Waals surface area contributed by atoms with Crippen molar-refractivity contribution in [2.75, 3.05) is 0 Å². The number of thiophene rings is 1. The lowest BCUT2D eigenvalue weighted by molar-refractivity contribution is 0.159. The number of ether oxygens (including phenoxy) is 1. The second kappa shape index (κ2) is 4.88. The van der Waals surface area contributed by atoms with Crippen LogP contribution in [0.2, 0.25) is 0 Å². The van der Waals surface area contributed by atoms with Crippen LogP contribution >= 0.6 is 11.3 Å². The molecule has 4 rings (SSSR count). The van der Waals surface area contributed by atoms with Gasteiger partial charge in [-0.05, 0) is 29.9 Å². The van der Waals surface area contributed by atoms with Crippen LogP contribution in [0.5, 0.6) is 5.75 Å². The molecule has 2 aliphatic rings. The third-order valence-corrected chi connectivity index (χ3v) is 5.66. The normalized spacial score (nSPS) is 24.7. The molecule has 108 valence electrons. The number of nitrogens with one attached hydrogen (secondary N) is 1. The third-order valence-electron chi connectivity index (χ3n) is 4.63. The Bertz CT molecular complexity index is 663. The highest BCUT2D eigenvalue weighted by Crippen LogP contribution is 2.47. The average Bonchev–Trinajstić information content (AvgIpc) is 2.97. The second-order valence-electron chi connectivity index (χ2n) is 5.89. The van der Waals surface area contributed by atoms with Crippen LogP contribution in [0.3, 0.4) is 0 Å². The summed E-state index contributed by atoms with van der Waals surface area (Å²) in [4.78, 5) is 13.3. The highest BCUT2D eigenvalue weighted by atomic mass is 32.1. The zero-order chi connectivity index (χ0) is 14.3. The number of hydrogen-bond donors (Lipinski definition) is 1. The molecule has 1 aliphatic carbocycles. The average molecular weight is 299 g/mol. The Balaban J connectivity index is 1.87. The summed E-state index contributed by atoms with van der Waals surface area (Å²) in [5.74, 6) is 1.37. The lowest BCUT2D eigenvalue weighted by Crippen LogP contribution is -2.52. The fourth-order valence-corrected chi connectivity index (χ4v) is 4.29. The minimum atomic E-state index is -0.425. The van der Waals surface area contributed by atoms with Crippen molar-refractivity contribution in [3.8, 4) is 5.75 Å². The number of rotatable bonds is 3. The Morgan fingerprint density at radius 1 is 1.24 bits per heavy atom. The van der Waals surface area contributed by atoms with Crippen molar-refractivity contribution < 1.29 is 9.53 Å².